The first-order valence-corrected chi connectivity index (χ1v) is 7.81. The largest absolute Gasteiger partial charge is 0.381 e. The van der Waals surface area contributed by atoms with Crippen LogP contribution < -0.4 is 5.32 Å². The zero-order valence-corrected chi connectivity index (χ0v) is 11.9. The molecule has 0 radical (unpaired) electrons. The number of rotatable bonds is 3. The molecule has 2 fully saturated rings. The molecule has 108 valence electrons. The van der Waals surface area contributed by atoms with Gasteiger partial charge in [-0.3, -0.25) is 4.79 Å². The van der Waals surface area contributed by atoms with Crippen LogP contribution in [0.3, 0.4) is 0 Å². The Morgan fingerprint density at radius 2 is 1.80 bits per heavy atom. The number of benzene rings is 1. The van der Waals surface area contributed by atoms with Gasteiger partial charge in [-0.05, 0) is 55.7 Å². The molecule has 1 N–H and O–H groups in total. The second-order valence-electron chi connectivity index (χ2n) is 5.96. The second-order valence-corrected chi connectivity index (χ2v) is 5.96. The highest BCUT2D eigenvalue weighted by atomic mass is 16.5. The standard InChI is InChI=1S/C17H23NO2/c19-17(18-16-5-2-11-20-12-10-16)15-8-6-14(7-9-15)13-3-1-4-13/h6-9,13,16H,1-5,10-12H2,(H,18,19)/t16-/m1/s1. The van der Waals surface area contributed by atoms with Crippen molar-refractivity contribution in [2.24, 2.45) is 0 Å². The Morgan fingerprint density at radius 1 is 1.00 bits per heavy atom. The molecule has 1 aromatic carbocycles. The second kappa shape index (κ2) is 6.40. The van der Waals surface area contributed by atoms with Crippen LogP contribution in [0.1, 0.15) is 60.4 Å². The molecule has 0 aromatic heterocycles. The van der Waals surface area contributed by atoms with Crippen molar-refractivity contribution in [3.8, 4) is 0 Å². The number of hydrogen-bond acceptors (Lipinski definition) is 2. The fraction of sp³-hybridized carbons (Fsp3) is 0.588. The van der Waals surface area contributed by atoms with Gasteiger partial charge in [-0.1, -0.05) is 18.6 Å². The third kappa shape index (κ3) is 3.21. The van der Waals surface area contributed by atoms with Crippen LogP contribution in [0.4, 0.5) is 0 Å². The Hall–Kier alpha value is -1.35. The van der Waals surface area contributed by atoms with Gasteiger partial charge in [0.15, 0.2) is 0 Å². The highest BCUT2D eigenvalue weighted by Gasteiger charge is 2.20. The maximum absolute atomic E-state index is 12.2. The van der Waals surface area contributed by atoms with Crippen LogP contribution in [-0.2, 0) is 4.74 Å². The summed E-state index contributed by atoms with van der Waals surface area (Å²) in [5.41, 5.74) is 2.16. The summed E-state index contributed by atoms with van der Waals surface area (Å²) in [6.45, 7) is 1.58. The third-order valence-electron chi connectivity index (χ3n) is 4.54. The van der Waals surface area contributed by atoms with E-state index in [9.17, 15) is 4.79 Å². The van der Waals surface area contributed by atoms with Crippen LogP contribution in [0, 0.1) is 0 Å². The monoisotopic (exact) mass is 273 g/mol. The van der Waals surface area contributed by atoms with Crippen molar-refractivity contribution in [1.29, 1.82) is 0 Å². The molecule has 1 aromatic rings. The molecule has 1 amide bonds. The predicted octanol–water partition coefficient (Wildman–Crippen LogP) is 3.25. The molecule has 1 atom stereocenters. The minimum Gasteiger partial charge on any atom is -0.381 e. The molecule has 0 bridgehead atoms. The van der Waals surface area contributed by atoms with Crippen molar-refractivity contribution in [2.45, 2.75) is 50.5 Å². The summed E-state index contributed by atoms with van der Waals surface area (Å²) < 4.78 is 5.42. The lowest BCUT2D eigenvalue weighted by molar-refractivity contribution is 0.0929. The zero-order valence-electron chi connectivity index (χ0n) is 11.9. The number of ether oxygens (including phenoxy) is 1. The number of nitrogens with one attached hydrogen (secondary N) is 1. The summed E-state index contributed by atoms with van der Waals surface area (Å²) in [7, 11) is 0. The molecule has 20 heavy (non-hydrogen) atoms. The Kier molecular flexibility index (Phi) is 4.36. The Labute approximate surface area is 120 Å². The molecule has 3 heteroatoms. The van der Waals surface area contributed by atoms with Gasteiger partial charge in [0.05, 0.1) is 0 Å². The summed E-state index contributed by atoms with van der Waals surface area (Å²) in [6, 6.07) is 8.44. The lowest BCUT2D eigenvalue weighted by Crippen LogP contribution is -2.35. The molecule has 1 aliphatic heterocycles. The third-order valence-corrected chi connectivity index (χ3v) is 4.54. The van der Waals surface area contributed by atoms with E-state index in [0.29, 0.717) is 0 Å². The van der Waals surface area contributed by atoms with Crippen LogP contribution >= 0.6 is 0 Å². The van der Waals surface area contributed by atoms with Crippen molar-refractivity contribution < 1.29 is 9.53 Å². The van der Waals surface area contributed by atoms with Crippen LogP contribution in [0.25, 0.3) is 0 Å². The Bertz CT molecular complexity index is 443. The average molecular weight is 273 g/mol. The Morgan fingerprint density at radius 3 is 2.50 bits per heavy atom. The molecule has 0 spiro atoms. The van der Waals surface area contributed by atoms with E-state index in [4.69, 9.17) is 4.74 Å². The normalized spacial score (nSPS) is 23.7. The van der Waals surface area contributed by atoms with Crippen molar-refractivity contribution in [3.63, 3.8) is 0 Å². The Balaban J connectivity index is 1.58. The van der Waals surface area contributed by atoms with Gasteiger partial charge in [0.2, 0.25) is 0 Å². The summed E-state index contributed by atoms with van der Waals surface area (Å²) in [6.07, 6.45) is 6.92. The van der Waals surface area contributed by atoms with Gasteiger partial charge in [-0.2, -0.15) is 0 Å². The van der Waals surface area contributed by atoms with Gasteiger partial charge in [0.1, 0.15) is 0 Å². The first kappa shape index (κ1) is 13.6. The van der Waals surface area contributed by atoms with Gasteiger partial charge in [0.25, 0.3) is 5.91 Å². The molecular weight excluding hydrogens is 250 g/mol. The van der Waals surface area contributed by atoms with Gasteiger partial charge in [0, 0.05) is 24.8 Å². The fourth-order valence-electron chi connectivity index (χ4n) is 2.97. The van der Waals surface area contributed by atoms with Gasteiger partial charge >= 0.3 is 0 Å². The zero-order chi connectivity index (χ0) is 13.8. The van der Waals surface area contributed by atoms with E-state index in [0.717, 1.165) is 44.0 Å². The molecule has 2 aliphatic rings. The van der Waals surface area contributed by atoms with E-state index < -0.39 is 0 Å². The van der Waals surface area contributed by atoms with Gasteiger partial charge in [-0.15, -0.1) is 0 Å². The summed E-state index contributed by atoms with van der Waals surface area (Å²) in [4.78, 5) is 12.2. The topological polar surface area (TPSA) is 38.3 Å². The molecule has 3 nitrogen and oxygen atoms in total. The summed E-state index contributed by atoms with van der Waals surface area (Å²) in [5, 5.41) is 3.13. The maximum Gasteiger partial charge on any atom is 0.251 e. The fourth-order valence-corrected chi connectivity index (χ4v) is 2.97. The van der Waals surface area contributed by atoms with Crippen LogP contribution in [0.5, 0.6) is 0 Å². The summed E-state index contributed by atoms with van der Waals surface area (Å²) in [5.74, 6) is 0.781. The first-order chi connectivity index (χ1) is 9.83. The van der Waals surface area contributed by atoms with Crippen LogP contribution in [0.15, 0.2) is 24.3 Å². The lowest BCUT2D eigenvalue weighted by Gasteiger charge is -2.25. The van der Waals surface area contributed by atoms with Crippen LogP contribution in [0.2, 0.25) is 0 Å². The number of hydrogen-bond donors (Lipinski definition) is 1. The molecule has 1 saturated carbocycles. The van der Waals surface area contributed by atoms with Crippen molar-refractivity contribution in [3.05, 3.63) is 35.4 Å². The van der Waals surface area contributed by atoms with Crippen LogP contribution in [-0.4, -0.2) is 25.2 Å². The highest BCUT2D eigenvalue weighted by molar-refractivity contribution is 5.94. The molecule has 1 heterocycles. The maximum atomic E-state index is 12.2. The van der Waals surface area contributed by atoms with E-state index >= 15 is 0 Å². The van der Waals surface area contributed by atoms with Gasteiger partial charge in [-0.25, -0.2) is 0 Å². The van der Waals surface area contributed by atoms with Crippen molar-refractivity contribution in [2.75, 3.05) is 13.2 Å². The number of amides is 1. The van der Waals surface area contributed by atoms with E-state index in [1.807, 2.05) is 12.1 Å². The number of carbonyl (C=O) groups excluding carboxylic acids is 1. The summed E-state index contributed by atoms with van der Waals surface area (Å²) >= 11 is 0. The van der Waals surface area contributed by atoms with E-state index in [-0.39, 0.29) is 11.9 Å². The molecule has 0 unspecified atom stereocenters. The minimum atomic E-state index is 0.0528. The molecule has 1 aliphatic carbocycles. The quantitative estimate of drug-likeness (QED) is 0.918. The van der Waals surface area contributed by atoms with E-state index in [1.165, 1.54) is 24.8 Å². The van der Waals surface area contributed by atoms with Gasteiger partial charge < -0.3 is 10.1 Å². The predicted molar refractivity (Wildman–Crippen MR) is 79.0 cm³/mol. The number of carbonyl (C=O) groups is 1. The van der Waals surface area contributed by atoms with Crippen molar-refractivity contribution >= 4 is 5.91 Å². The lowest BCUT2D eigenvalue weighted by atomic mass is 9.80. The highest BCUT2D eigenvalue weighted by Crippen LogP contribution is 2.36. The van der Waals surface area contributed by atoms with E-state index in [2.05, 4.69) is 17.4 Å². The molecule has 1 saturated heterocycles. The van der Waals surface area contributed by atoms with E-state index in [1.54, 1.807) is 0 Å². The first-order valence-electron chi connectivity index (χ1n) is 7.81. The molecule has 3 rings (SSSR count). The minimum absolute atomic E-state index is 0.0528. The smallest absolute Gasteiger partial charge is 0.251 e. The molecular formula is C17H23NO2. The van der Waals surface area contributed by atoms with Crippen molar-refractivity contribution in [1.82, 2.24) is 5.32 Å². The SMILES string of the molecule is O=C(N[C@@H]1CCCOCC1)c1ccc(C2CCC2)cc1. The average Bonchev–Trinajstić information content (AvgIpc) is 2.66.